The lowest BCUT2D eigenvalue weighted by atomic mass is 9.77. The highest BCUT2D eigenvalue weighted by Crippen LogP contribution is 2.56. The molecule has 3 aliphatic heterocycles. The van der Waals surface area contributed by atoms with Gasteiger partial charge >= 0.3 is 11.9 Å². The number of carboxylic acids is 1. The Bertz CT molecular complexity index is 2520. The predicted molar refractivity (Wildman–Crippen MR) is 189 cm³/mol. The molecule has 0 amide bonds. The molecular weight excluding hydrogens is 632 g/mol. The van der Waals surface area contributed by atoms with E-state index in [1.54, 1.807) is 84.9 Å². The Morgan fingerprint density at radius 2 is 1.28 bits per heavy atom. The molecule has 0 fully saturated rings. The fourth-order valence-electron chi connectivity index (χ4n) is 6.79. The quantitative estimate of drug-likeness (QED) is 0.0716. The summed E-state index contributed by atoms with van der Waals surface area (Å²) in [6.07, 6.45) is 0. The van der Waals surface area contributed by atoms with Crippen molar-refractivity contribution in [1.82, 2.24) is 0 Å². The van der Waals surface area contributed by atoms with Crippen molar-refractivity contribution in [2.24, 2.45) is 0 Å². The molecule has 0 saturated carbocycles. The third kappa shape index (κ3) is 4.69. The fourth-order valence-corrected chi connectivity index (χ4v) is 6.79. The highest BCUT2D eigenvalue weighted by molar-refractivity contribution is 6.07. The molecular formula is C40H28N4O6. The highest BCUT2D eigenvalue weighted by Gasteiger charge is 2.53. The first-order valence-corrected chi connectivity index (χ1v) is 15.6. The van der Waals surface area contributed by atoms with Crippen LogP contribution in [0.4, 0.5) is 17.1 Å². The van der Waals surface area contributed by atoms with Gasteiger partial charge in [-0.05, 0) is 66.2 Å². The molecule has 0 saturated heterocycles. The lowest BCUT2D eigenvalue weighted by Gasteiger charge is -2.36. The summed E-state index contributed by atoms with van der Waals surface area (Å²) in [7, 11) is 0. The van der Waals surface area contributed by atoms with Crippen LogP contribution in [0, 0.1) is 5.41 Å². The van der Waals surface area contributed by atoms with Crippen LogP contribution < -0.4 is 27.3 Å². The summed E-state index contributed by atoms with van der Waals surface area (Å²) in [5.41, 5.74) is 24.1. The van der Waals surface area contributed by atoms with E-state index in [0.717, 1.165) is 33.2 Å². The molecule has 0 atom stereocenters. The number of carboxylic acid groups (broad SMARTS) is 1. The van der Waals surface area contributed by atoms with E-state index in [2.05, 4.69) is 0 Å². The minimum absolute atomic E-state index is 0.211. The maximum atomic E-state index is 12.6. The molecule has 0 radical (unpaired) electrons. The lowest BCUT2D eigenvalue weighted by Crippen LogP contribution is -2.33. The third-order valence-electron chi connectivity index (χ3n) is 8.93. The normalized spacial score (nSPS) is 13.4. The van der Waals surface area contributed by atoms with Crippen LogP contribution in [0.3, 0.4) is 0 Å². The molecule has 50 heavy (non-hydrogen) atoms. The van der Waals surface area contributed by atoms with Crippen LogP contribution in [0.25, 0.3) is 33.4 Å². The van der Waals surface area contributed by atoms with Gasteiger partial charge in [0.2, 0.25) is 0 Å². The van der Waals surface area contributed by atoms with E-state index < -0.39 is 11.6 Å². The zero-order valence-corrected chi connectivity index (χ0v) is 26.3. The van der Waals surface area contributed by atoms with Gasteiger partial charge in [0.15, 0.2) is 5.60 Å². The van der Waals surface area contributed by atoms with E-state index in [-0.39, 0.29) is 11.5 Å². The summed E-state index contributed by atoms with van der Waals surface area (Å²) in [5, 5.41) is 18.5. The summed E-state index contributed by atoms with van der Waals surface area (Å²) >= 11 is 0. The maximum Gasteiger partial charge on any atom is 0.340 e. The van der Waals surface area contributed by atoms with Gasteiger partial charge in [0, 0.05) is 74.5 Å². The number of nitrogens with one attached hydrogen (secondary N) is 1. The summed E-state index contributed by atoms with van der Waals surface area (Å²) in [6.45, 7) is 0. The molecule has 8 N–H and O–H groups in total. The molecule has 0 unspecified atom stereocenters. The van der Waals surface area contributed by atoms with Crippen molar-refractivity contribution in [1.29, 1.82) is 5.41 Å². The predicted octanol–water partition coefficient (Wildman–Crippen LogP) is 7.38. The number of carbonyl (C=O) groups is 2. The van der Waals surface area contributed by atoms with Crippen molar-refractivity contribution in [2.75, 3.05) is 17.2 Å². The van der Waals surface area contributed by atoms with Crippen LogP contribution in [0.1, 0.15) is 37.4 Å². The number of nitrogens with two attached hydrogens (primary N) is 3. The van der Waals surface area contributed by atoms with Gasteiger partial charge in [-0.2, -0.15) is 0 Å². The van der Waals surface area contributed by atoms with Gasteiger partial charge in [0.25, 0.3) is 0 Å². The van der Waals surface area contributed by atoms with Crippen LogP contribution in [-0.2, 0) is 10.3 Å². The number of carbonyl (C=O) groups excluding carboxylic acids is 1. The van der Waals surface area contributed by atoms with E-state index in [0.29, 0.717) is 56.4 Å². The van der Waals surface area contributed by atoms with Crippen LogP contribution in [0.5, 0.6) is 11.5 Å². The molecule has 9 rings (SSSR count). The summed E-state index contributed by atoms with van der Waals surface area (Å²) in [5.74, 6) is 0.277. The van der Waals surface area contributed by atoms with Gasteiger partial charge in [-0.25, -0.2) is 9.59 Å². The van der Waals surface area contributed by atoms with E-state index in [4.69, 9.17) is 36.5 Å². The average Bonchev–Trinajstić information content (AvgIpc) is 3.39. The zero-order valence-electron chi connectivity index (χ0n) is 26.3. The minimum Gasteiger partial charge on any atom is -0.478 e. The second kappa shape index (κ2) is 11.3. The van der Waals surface area contributed by atoms with Crippen molar-refractivity contribution >= 4 is 40.0 Å². The smallest absolute Gasteiger partial charge is 0.340 e. The van der Waals surface area contributed by atoms with Crippen molar-refractivity contribution in [3.8, 4) is 33.9 Å². The van der Waals surface area contributed by atoms with Crippen LogP contribution >= 0.6 is 0 Å². The summed E-state index contributed by atoms with van der Waals surface area (Å²) in [6, 6.07) is 35.3. The van der Waals surface area contributed by atoms with Crippen LogP contribution in [0.2, 0.25) is 0 Å². The van der Waals surface area contributed by atoms with E-state index in [1.165, 1.54) is 0 Å². The molecule has 1 spiro atoms. The van der Waals surface area contributed by atoms with Gasteiger partial charge < -0.3 is 41.6 Å². The molecule has 244 valence electrons. The van der Waals surface area contributed by atoms with Crippen molar-refractivity contribution in [2.45, 2.75) is 5.60 Å². The number of benzene rings is 6. The molecule has 1 aliphatic carbocycles. The first kappa shape index (κ1) is 30.3. The molecule has 5 aromatic carbocycles. The molecule has 0 bridgehead atoms. The number of rotatable bonds is 2. The van der Waals surface area contributed by atoms with Gasteiger partial charge in [0.05, 0.1) is 16.5 Å². The summed E-state index contributed by atoms with van der Waals surface area (Å²) < 4.78 is 17.9. The van der Waals surface area contributed by atoms with E-state index in [9.17, 15) is 14.7 Å². The number of hydrogen-bond donors (Lipinski definition) is 5. The van der Waals surface area contributed by atoms with Crippen LogP contribution in [-0.4, -0.2) is 17.0 Å². The zero-order chi connectivity index (χ0) is 34.7. The Balaban J connectivity index is 0.000000144. The van der Waals surface area contributed by atoms with E-state index in [1.807, 2.05) is 36.4 Å². The largest absolute Gasteiger partial charge is 0.478 e. The Morgan fingerprint density at radius 3 is 1.98 bits per heavy atom. The number of fused-ring (bicyclic) bond motifs is 8. The maximum absolute atomic E-state index is 12.6. The van der Waals surface area contributed by atoms with Crippen molar-refractivity contribution < 1.29 is 28.6 Å². The second-order valence-corrected chi connectivity index (χ2v) is 12.0. The molecule has 10 heteroatoms. The molecule has 0 aromatic heterocycles. The Morgan fingerprint density at radius 1 is 0.660 bits per heavy atom. The number of anilines is 3. The topological polar surface area (TPSA) is 188 Å². The molecule has 5 aromatic rings. The Kier molecular flexibility index (Phi) is 6.83. The third-order valence-corrected chi connectivity index (χ3v) is 8.93. The first-order valence-electron chi connectivity index (χ1n) is 15.6. The Labute approximate surface area is 284 Å². The highest BCUT2D eigenvalue weighted by atomic mass is 16.6. The Hall–Kier alpha value is -7.07. The average molecular weight is 661 g/mol. The number of ether oxygens (including phenoxy) is 2. The van der Waals surface area contributed by atoms with Crippen molar-refractivity contribution in [3.63, 3.8) is 0 Å². The SMILES string of the molecule is N=c1ccc2c(-c3ccccc3C(=O)O)c3ccc(N)cc3oc-2c1.Nc1ccc2c(c1)Oc1cc(N)ccc1C21OC(=O)c2ccccc21. The van der Waals surface area contributed by atoms with Gasteiger partial charge in [-0.1, -0.05) is 36.4 Å². The van der Waals surface area contributed by atoms with Crippen molar-refractivity contribution in [3.05, 3.63) is 155 Å². The standard InChI is InChI=1S/2C20H14N2O3/c21-11-5-7-15-17(9-11)24-18-10-12(22)6-8-16(18)20(15)14-4-2-1-3-13(14)19(23)25-20;21-11-5-7-15-17(9-11)25-18-10-12(22)6-8-16(18)19(15)13-3-1-2-4-14(13)20(23)24/h1-10H,21-22H2;1-10,21H,22H2,(H,23,24). The first-order chi connectivity index (χ1) is 24.1. The minimum atomic E-state index is -1.06. The number of hydrogen-bond acceptors (Lipinski definition) is 9. The number of aromatic carboxylic acids is 1. The summed E-state index contributed by atoms with van der Waals surface area (Å²) in [4.78, 5) is 24.3. The van der Waals surface area contributed by atoms with Crippen LogP contribution in [0.15, 0.2) is 126 Å². The second-order valence-electron chi connectivity index (χ2n) is 12.0. The molecule has 4 aliphatic rings. The van der Waals surface area contributed by atoms with Gasteiger partial charge in [-0.3, -0.25) is 0 Å². The van der Waals surface area contributed by atoms with Gasteiger partial charge in [-0.15, -0.1) is 0 Å². The monoisotopic (exact) mass is 660 g/mol. The van der Waals surface area contributed by atoms with E-state index >= 15 is 0 Å². The lowest BCUT2D eigenvalue weighted by molar-refractivity contribution is 0.0224. The number of esters is 1. The number of nitrogen functional groups attached to an aromatic ring is 3. The van der Waals surface area contributed by atoms with Gasteiger partial charge in [0.1, 0.15) is 22.8 Å². The molecule has 3 heterocycles. The molecule has 10 nitrogen and oxygen atoms in total. The fraction of sp³-hybridized carbons (Fsp3) is 0.0250.